The Labute approximate surface area is 79.0 Å². The van der Waals surface area contributed by atoms with E-state index in [-0.39, 0.29) is 0 Å². The molecule has 1 aromatic heterocycles. The molecule has 0 bridgehead atoms. The summed E-state index contributed by atoms with van der Waals surface area (Å²) in [4.78, 5) is 1.12. The summed E-state index contributed by atoms with van der Waals surface area (Å²) in [5.74, 6) is 0. The fourth-order valence-corrected chi connectivity index (χ4v) is 2.64. The highest BCUT2D eigenvalue weighted by Crippen LogP contribution is 2.31. The average molecular weight is 232 g/mol. The van der Waals surface area contributed by atoms with E-state index in [0.717, 1.165) is 9.35 Å². The number of thiophene rings is 1. The van der Waals surface area contributed by atoms with Crippen LogP contribution >= 0.6 is 27.3 Å². The second kappa shape index (κ2) is 3.09. The Balaban J connectivity index is 3.10. The lowest BCUT2D eigenvalue weighted by atomic mass is 10.0. The Morgan fingerprint density at radius 3 is 2.82 bits per heavy atom. The molecular weight excluding hydrogens is 222 g/mol. The fraction of sp³-hybridized carbons (Fsp3) is 0.250. The molecule has 11 heavy (non-hydrogen) atoms. The predicted octanol–water partition coefficient (Wildman–Crippen LogP) is 2.87. The van der Waals surface area contributed by atoms with Gasteiger partial charge in [-0.05, 0) is 34.3 Å². The van der Waals surface area contributed by atoms with Crippen molar-refractivity contribution in [3.05, 3.63) is 33.5 Å². The summed E-state index contributed by atoms with van der Waals surface area (Å²) in [5, 5.41) is 2.01. The van der Waals surface area contributed by atoms with Gasteiger partial charge in [0.05, 0.1) is 5.54 Å². The molecule has 1 atom stereocenters. The molecule has 3 heteroatoms. The maximum atomic E-state index is 5.94. The van der Waals surface area contributed by atoms with Crippen molar-refractivity contribution in [2.24, 2.45) is 5.73 Å². The number of hydrogen-bond donors (Lipinski definition) is 1. The number of nitrogens with two attached hydrogens (primary N) is 1. The third-order valence-corrected chi connectivity index (χ3v) is 3.62. The zero-order valence-electron chi connectivity index (χ0n) is 6.30. The summed E-state index contributed by atoms with van der Waals surface area (Å²) in [6, 6.07) is 1.99. The van der Waals surface area contributed by atoms with E-state index in [1.165, 1.54) is 0 Å². The van der Waals surface area contributed by atoms with Gasteiger partial charge in [-0.2, -0.15) is 0 Å². The minimum Gasteiger partial charge on any atom is -0.318 e. The van der Waals surface area contributed by atoms with Gasteiger partial charge in [0.15, 0.2) is 0 Å². The normalized spacial score (nSPS) is 15.9. The smallest absolute Gasteiger partial charge is 0.0669 e. The molecule has 1 nitrogen and oxygen atoms in total. The van der Waals surface area contributed by atoms with Crippen LogP contribution in [0.5, 0.6) is 0 Å². The van der Waals surface area contributed by atoms with Crippen LogP contribution in [0.3, 0.4) is 0 Å². The van der Waals surface area contributed by atoms with E-state index in [4.69, 9.17) is 5.73 Å². The topological polar surface area (TPSA) is 26.0 Å². The Morgan fingerprint density at radius 1 is 1.82 bits per heavy atom. The summed E-state index contributed by atoms with van der Waals surface area (Å²) < 4.78 is 1.06. The van der Waals surface area contributed by atoms with Crippen molar-refractivity contribution in [2.75, 3.05) is 0 Å². The van der Waals surface area contributed by atoms with Gasteiger partial charge in [-0.3, -0.25) is 0 Å². The Kier molecular flexibility index (Phi) is 2.52. The molecule has 1 aromatic rings. The quantitative estimate of drug-likeness (QED) is 0.779. The first-order valence-corrected chi connectivity index (χ1v) is 4.91. The number of rotatable bonds is 2. The zero-order valence-corrected chi connectivity index (χ0v) is 8.71. The summed E-state index contributed by atoms with van der Waals surface area (Å²) in [7, 11) is 0. The van der Waals surface area contributed by atoms with E-state index < -0.39 is 5.54 Å². The molecular formula is C8H10BrNS. The van der Waals surface area contributed by atoms with Crippen molar-refractivity contribution in [1.82, 2.24) is 0 Å². The first kappa shape index (κ1) is 8.97. The van der Waals surface area contributed by atoms with Crippen molar-refractivity contribution in [1.29, 1.82) is 0 Å². The Bertz CT molecular complexity index is 265. The summed E-state index contributed by atoms with van der Waals surface area (Å²) in [5.41, 5.74) is 5.54. The molecule has 60 valence electrons. The van der Waals surface area contributed by atoms with E-state index in [0.29, 0.717) is 0 Å². The van der Waals surface area contributed by atoms with E-state index in [9.17, 15) is 0 Å². The molecule has 0 unspecified atom stereocenters. The SMILES string of the molecule is C=C[C@@](C)(N)c1sccc1Br. The summed E-state index contributed by atoms with van der Waals surface area (Å²) in [6.07, 6.45) is 1.75. The molecule has 0 saturated carbocycles. The second-order valence-corrected chi connectivity index (χ2v) is 4.35. The maximum absolute atomic E-state index is 5.94. The van der Waals surface area contributed by atoms with Gasteiger partial charge in [0.2, 0.25) is 0 Å². The monoisotopic (exact) mass is 231 g/mol. The zero-order chi connectivity index (χ0) is 8.48. The molecule has 0 saturated heterocycles. The molecule has 0 amide bonds. The van der Waals surface area contributed by atoms with E-state index in [2.05, 4.69) is 22.5 Å². The lowest BCUT2D eigenvalue weighted by Crippen LogP contribution is -2.29. The summed E-state index contributed by atoms with van der Waals surface area (Å²) >= 11 is 5.06. The predicted molar refractivity (Wildman–Crippen MR) is 53.8 cm³/mol. The molecule has 0 aliphatic rings. The minimum absolute atomic E-state index is 0.410. The van der Waals surface area contributed by atoms with Gasteiger partial charge in [0.25, 0.3) is 0 Å². The molecule has 0 aliphatic heterocycles. The first-order chi connectivity index (χ1) is 5.08. The number of halogens is 1. The van der Waals surface area contributed by atoms with Crippen LogP contribution in [0.2, 0.25) is 0 Å². The van der Waals surface area contributed by atoms with Gasteiger partial charge < -0.3 is 5.73 Å². The van der Waals surface area contributed by atoms with Gasteiger partial charge in [-0.25, -0.2) is 0 Å². The molecule has 0 spiro atoms. The standard InChI is InChI=1S/C8H10BrNS/c1-3-8(2,10)7-6(9)4-5-11-7/h3-5H,1,10H2,2H3/t8-/m1/s1. The van der Waals surface area contributed by atoms with Crippen molar-refractivity contribution >= 4 is 27.3 Å². The highest BCUT2D eigenvalue weighted by atomic mass is 79.9. The van der Waals surface area contributed by atoms with Crippen LogP contribution in [0.1, 0.15) is 11.8 Å². The van der Waals surface area contributed by atoms with E-state index in [1.54, 1.807) is 17.4 Å². The molecule has 1 rings (SSSR count). The van der Waals surface area contributed by atoms with Crippen LogP contribution in [0.25, 0.3) is 0 Å². The Hall–Kier alpha value is -0.120. The molecule has 0 radical (unpaired) electrons. The van der Waals surface area contributed by atoms with Gasteiger partial charge in [-0.15, -0.1) is 17.9 Å². The third kappa shape index (κ3) is 1.72. The summed E-state index contributed by atoms with van der Waals surface area (Å²) in [6.45, 7) is 5.63. The molecule has 2 N–H and O–H groups in total. The van der Waals surface area contributed by atoms with E-state index >= 15 is 0 Å². The van der Waals surface area contributed by atoms with E-state index in [1.807, 2.05) is 18.4 Å². The van der Waals surface area contributed by atoms with Crippen molar-refractivity contribution < 1.29 is 0 Å². The fourth-order valence-electron chi connectivity index (χ4n) is 0.771. The van der Waals surface area contributed by atoms with Crippen LogP contribution in [0.15, 0.2) is 28.6 Å². The van der Waals surface area contributed by atoms with Crippen LogP contribution in [0, 0.1) is 0 Å². The molecule has 1 heterocycles. The third-order valence-electron chi connectivity index (χ3n) is 1.53. The average Bonchev–Trinajstić information content (AvgIpc) is 2.36. The van der Waals surface area contributed by atoms with Gasteiger partial charge in [-0.1, -0.05) is 6.08 Å². The van der Waals surface area contributed by atoms with Gasteiger partial charge in [0, 0.05) is 9.35 Å². The lowest BCUT2D eigenvalue weighted by molar-refractivity contribution is 0.643. The van der Waals surface area contributed by atoms with Crippen molar-refractivity contribution in [2.45, 2.75) is 12.5 Å². The minimum atomic E-state index is -0.410. The molecule has 0 aliphatic carbocycles. The largest absolute Gasteiger partial charge is 0.318 e. The van der Waals surface area contributed by atoms with Gasteiger partial charge >= 0.3 is 0 Å². The lowest BCUT2D eigenvalue weighted by Gasteiger charge is -2.18. The van der Waals surface area contributed by atoms with Crippen LogP contribution in [-0.2, 0) is 5.54 Å². The van der Waals surface area contributed by atoms with Crippen molar-refractivity contribution in [3.8, 4) is 0 Å². The van der Waals surface area contributed by atoms with Crippen LogP contribution < -0.4 is 5.73 Å². The molecule has 0 fully saturated rings. The van der Waals surface area contributed by atoms with Crippen LogP contribution in [-0.4, -0.2) is 0 Å². The maximum Gasteiger partial charge on any atom is 0.0669 e. The first-order valence-electron chi connectivity index (χ1n) is 3.24. The number of hydrogen-bond acceptors (Lipinski definition) is 2. The highest BCUT2D eigenvalue weighted by Gasteiger charge is 2.20. The Morgan fingerprint density at radius 2 is 2.45 bits per heavy atom. The second-order valence-electron chi connectivity index (χ2n) is 2.58. The van der Waals surface area contributed by atoms with Crippen LogP contribution in [0.4, 0.5) is 0 Å². The highest BCUT2D eigenvalue weighted by molar-refractivity contribution is 9.10. The van der Waals surface area contributed by atoms with Gasteiger partial charge in [0.1, 0.15) is 0 Å². The van der Waals surface area contributed by atoms with Crippen molar-refractivity contribution in [3.63, 3.8) is 0 Å². The molecule has 0 aromatic carbocycles.